The molecule has 0 bridgehead atoms. The summed E-state index contributed by atoms with van der Waals surface area (Å²) in [4.78, 5) is 2.45. The van der Waals surface area contributed by atoms with Gasteiger partial charge < -0.3 is 9.47 Å². The van der Waals surface area contributed by atoms with E-state index in [9.17, 15) is 0 Å². The maximum atomic E-state index is 2.45. The summed E-state index contributed by atoms with van der Waals surface area (Å²) in [6.45, 7) is 4.71. The lowest BCUT2D eigenvalue weighted by Crippen LogP contribution is -2.14. The topological polar surface area (TPSA) is 8.17 Å². The Kier molecular flexibility index (Phi) is 7.18. The molecule has 1 aliphatic rings. The Morgan fingerprint density at radius 3 is 1.76 bits per heavy atom. The fraction of sp³-hybridized carbons (Fsp3) is 0.0545. The molecule has 2 heterocycles. The molecule has 0 spiro atoms. The number of aromatic nitrogens is 1. The molecule has 1 aliphatic carbocycles. The summed E-state index contributed by atoms with van der Waals surface area (Å²) in [5.41, 5.74) is 14.9. The molecule has 11 aromatic rings. The number of anilines is 3. The largest absolute Gasteiger partial charge is 0.309 e. The molecule has 0 atom stereocenters. The standard InChI is InChI=1S/C55H38N2S/c1-55(2)47-20-8-5-17-46(47)52-40(18-11-21-48(52)55)36-25-28-37(29-26-36)56(51-24-12-19-44-45-34-27-35-13-3-4-14-41(35)53(45)58-54(44)51)38-30-32-39(33-31-38)57-49-22-9-6-15-42(49)43-16-7-10-23-50(43)57/h3-34H,1-2H3. The fourth-order valence-electron chi connectivity index (χ4n) is 9.85. The highest BCUT2D eigenvalue weighted by Crippen LogP contribution is 2.52. The van der Waals surface area contributed by atoms with Crippen LogP contribution in [0.5, 0.6) is 0 Å². The molecule has 0 unspecified atom stereocenters. The van der Waals surface area contributed by atoms with E-state index in [1.807, 2.05) is 11.3 Å². The Balaban J connectivity index is 1.04. The van der Waals surface area contributed by atoms with Crippen molar-refractivity contribution in [2.24, 2.45) is 0 Å². The smallest absolute Gasteiger partial charge is 0.0640 e. The summed E-state index contributed by atoms with van der Waals surface area (Å²) in [7, 11) is 0. The first kappa shape index (κ1) is 33.2. The molecule has 0 N–H and O–H groups in total. The van der Waals surface area contributed by atoms with Crippen LogP contribution < -0.4 is 4.90 Å². The minimum absolute atomic E-state index is 0.0433. The van der Waals surface area contributed by atoms with E-state index in [1.54, 1.807) is 0 Å². The average Bonchev–Trinajstić information content (AvgIpc) is 3.91. The van der Waals surface area contributed by atoms with Gasteiger partial charge in [-0.3, -0.25) is 0 Å². The summed E-state index contributed by atoms with van der Waals surface area (Å²) in [6, 6.07) is 71.7. The van der Waals surface area contributed by atoms with Crippen molar-refractivity contribution in [2.45, 2.75) is 19.3 Å². The van der Waals surface area contributed by atoms with Gasteiger partial charge in [-0.05, 0) is 98.8 Å². The minimum atomic E-state index is -0.0433. The van der Waals surface area contributed by atoms with Crippen LogP contribution in [-0.2, 0) is 5.41 Å². The molecular formula is C55H38N2S. The molecule has 0 aliphatic heterocycles. The van der Waals surface area contributed by atoms with Gasteiger partial charge in [-0.25, -0.2) is 0 Å². The molecule has 0 saturated heterocycles. The average molecular weight is 759 g/mol. The van der Waals surface area contributed by atoms with E-state index < -0.39 is 0 Å². The van der Waals surface area contributed by atoms with E-state index in [1.165, 1.54) is 91.8 Å². The van der Waals surface area contributed by atoms with Gasteiger partial charge in [0.05, 0.1) is 21.4 Å². The number of thiophene rings is 1. The number of fused-ring (bicyclic) bond motifs is 11. The summed E-state index contributed by atoms with van der Waals surface area (Å²) < 4.78 is 5.01. The Morgan fingerprint density at radius 2 is 1.00 bits per heavy atom. The molecule has 2 aromatic heterocycles. The number of hydrogen-bond acceptors (Lipinski definition) is 2. The van der Waals surface area contributed by atoms with E-state index in [4.69, 9.17) is 0 Å². The zero-order chi connectivity index (χ0) is 38.5. The Hall–Kier alpha value is -6.94. The number of rotatable bonds is 5. The van der Waals surface area contributed by atoms with Crippen molar-refractivity contribution in [3.05, 3.63) is 205 Å². The van der Waals surface area contributed by atoms with Gasteiger partial charge in [-0.15, -0.1) is 11.3 Å². The van der Waals surface area contributed by atoms with Gasteiger partial charge in [0, 0.05) is 48.7 Å². The van der Waals surface area contributed by atoms with E-state index >= 15 is 0 Å². The molecule has 9 aromatic carbocycles. The Bertz CT molecular complexity index is 3370. The van der Waals surface area contributed by atoms with Crippen LogP contribution in [0.2, 0.25) is 0 Å². The second kappa shape index (κ2) is 12.5. The molecule has 274 valence electrons. The van der Waals surface area contributed by atoms with Crippen molar-refractivity contribution < 1.29 is 0 Å². The second-order valence-electron chi connectivity index (χ2n) is 16.1. The first-order chi connectivity index (χ1) is 28.5. The molecule has 0 saturated carbocycles. The predicted octanol–water partition coefficient (Wildman–Crippen LogP) is 15.7. The SMILES string of the molecule is CC1(C)c2ccccc2-c2c(-c3ccc(N(c4ccc(-n5c6ccccc6c6ccccc65)cc4)c4cccc5c4sc4c6ccccc6ccc54)cc3)cccc21. The highest BCUT2D eigenvalue weighted by molar-refractivity contribution is 7.27. The lowest BCUT2D eigenvalue weighted by Gasteiger charge is -2.27. The zero-order valence-corrected chi connectivity index (χ0v) is 33.1. The maximum Gasteiger partial charge on any atom is 0.0640 e. The summed E-state index contributed by atoms with van der Waals surface area (Å²) >= 11 is 1.90. The van der Waals surface area contributed by atoms with Gasteiger partial charge >= 0.3 is 0 Å². The van der Waals surface area contributed by atoms with Crippen molar-refractivity contribution in [1.82, 2.24) is 4.57 Å². The van der Waals surface area contributed by atoms with Crippen molar-refractivity contribution in [3.8, 4) is 27.9 Å². The van der Waals surface area contributed by atoms with Crippen LogP contribution in [0.1, 0.15) is 25.0 Å². The normalized spacial score (nSPS) is 13.1. The summed E-state index contributed by atoms with van der Waals surface area (Å²) in [5, 5.41) is 7.70. The maximum absolute atomic E-state index is 2.45. The lowest BCUT2D eigenvalue weighted by molar-refractivity contribution is 0.660. The van der Waals surface area contributed by atoms with Crippen LogP contribution in [0.4, 0.5) is 17.1 Å². The summed E-state index contributed by atoms with van der Waals surface area (Å²) in [5.74, 6) is 0. The van der Waals surface area contributed by atoms with E-state index in [0.29, 0.717) is 0 Å². The first-order valence-electron chi connectivity index (χ1n) is 20.1. The molecule has 0 fully saturated rings. The molecule has 2 nitrogen and oxygen atoms in total. The van der Waals surface area contributed by atoms with Crippen LogP contribution in [0.3, 0.4) is 0 Å². The van der Waals surface area contributed by atoms with Gasteiger partial charge in [0.2, 0.25) is 0 Å². The number of benzene rings is 9. The third-order valence-electron chi connectivity index (χ3n) is 12.6. The Morgan fingerprint density at radius 1 is 0.431 bits per heavy atom. The molecule has 58 heavy (non-hydrogen) atoms. The molecule has 12 rings (SSSR count). The van der Waals surface area contributed by atoms with Crippen molar-refractivity contribution in [2.75, 3.05) is 4.90 Å². The van der Waals surface area contributed by atoms with Gasteiger partial charge in [0.1, 0.15) is 0 Å². The van der Waals surface area contributed by atoms with Crippen LogP contribution in [0, 0.1) is 0 Å². The summed E-state index contributed by atoms with van der Waals surface area (Å²) in [6.07, 6.45) is 0. The first-order valence-corrected chi connectivity index (χ1v) is 20.9. The third kappa shape index (κ3) is 4.77. The molecular weight excluding hydrogens is 721 g/mol. The molecule has 3 heteroatoms. The number of nitrogens with zero attached hydrogens (tertiary/aromatic N) is 2. The fourth-order valence-corrected chi connectivity index (χ4v) is 11.2. The lowest BCUT2D eigenvalue weighted by atomic mass is 9.82. The van der Waals surface area contributed by atoms with Gasteiger partial charge in [-0.1, -0.05) is 153 Å². The zero-order valence-electron chi connectivity index (χ0n) is 32.3. The van der Waals surface area contributed by atoms with Crippen molar-refractivity contribution in [3.63, 3.8) is 0 Å². The minimum Gasteiger partial charge on any atom is -0.309 e. The van der Waals surface area contributed by atoms with E-state index in [2.05, 4.69) is 217 Å². The van der Waals surface area contributed by atoms with Crippen LogP contribution >= 0.6 is 11.3 Å². The van der Waals surface area contributed by atoms with Gasteiger partial charge in [0.15, 0.2) is 0 Å². The highest BCUT2D eigenvalue weighted by Gasteiger charge is 2.36. The highest BCUT2D eigenvalue weighted by atomic mass is 32.1. The monoisotopic (exact) mass is 758 g/mol. The Labute approximate surface area is 341 Å². The second-order valence-corrected chi connectivity index (χ2v) is 17.1. The van der Waals surface area contributed by atoms with E-state index in [-0.39, 0.29) is 5.41 Å². The molecule has 0 radical (unpaired) electrons. The number of hydrogen-bond donors (Lipinski definition) is 0. The van der Waals surface area contributed by atoms with Crippen molar-refractivity contribution in [1.29, 1.82) is 0 Å². The quantitative estimate of drug-likeness (QED) is 0.170. The third-order valence-corrected chi connectivity index (χ3v) is 13.9. The van der Waals surface area contributed by atoms with Crippen LogP contribution in [0.15, 0.2) is 194 Å². The van der Waals surface area contributed by atoms with E-state index in [0.717, 1.165) is 17.1 Å². The molecule has 0 amide bonds. The van der Waals surface area contributed by atoms with Crippen molar-refractivity contribution >= 4 is 81.1 Å². The van der Waals surface area contributed by atoms with Crippen LogP contribution in [-0.4, -0.2) is 4.57 Å². The number of para-hydroxylation sites is 2. The predicted molar refractivity (Wildman–Crippen MR) is 249 cm³/mol. The van der Waals surface area contributed by atoms with Gasteiger partial charge in [-0.2, -0.15) is 0 Å². The van der Waals surface area contributed by atoms with Crippen LogP contribution in [0.25, 0.3) is 80.7 Å². The van der Waals surface area contributed by atoms with Gasteiger partial charge in [0.25, 0.3) is 0 Å².